The van der Waals surface area contributed by atoms with Crippen molar-refractivity contribution in [1.82, 2.24) is 9.97 Å². The number of carbonyl (C=O) groups excluding carboxylic acids is 1. The first-order valence-electron chi connectivity index (χ1n) is 7.58. The third-order valence-corrected chi connectivity index (χ3v) is 5.45. The number of thioether (sulfide) groups is 1. The van der Waals surface area contributed by atoms with E-state index < -0.39 is 5.25 Å². The molecule has 1 unspecified atom stereocenters. The van der Waals surface area contributed by atoms with Crippen molar-refractivity contribution in [1.29, 1.82) is 0 Å². The minimum atomic E-state index is -0.413. The predicted molar refractivity (Wildman–Crippen MR) is 102 cm³/mol. The summed E-state index contributed by atoms with van der Waals surface area (Å²) in [6.07, 6.45) is 0. The van der Waals surface area contributed by atoms with Gasteiger partial charge in [-0.05, 0) is 44.2 Å². The minimum absolute atomic E-state index is 0.166. The first kappa shape index (κ1) is 17.5. The van der Waals surface area contributed by atoms with Crippen molar-refractivity contribution in [3.63, 3.8) is 0 Å². The van der Waals surface area contributed by atoms with Gasteiger partial charge >= 0.3 is 0 Å². The molecule has 1 aromatic carbocycles. The second-order valence-corrected chi connectivity index (χ2v) is 7.99. The van der Waals surface area contributed by atoms with Gasteiger partial charge in [0.1, 0.15) is 10.6 Å². The van der Waals surface area contributed by atoms with Crippen molar-refractivity contribution in [2.75, 3.05) is 12.4 Å². The smallest absolute Gasteiger partial charge is 0.260 e. The zero-order chi connectivity index (χ0) is 18.0. The number of benzene rings is 1. The molecule has 2 aromatic heterocycles. The number of nitrogens with one attached hydrogen (secondary N) is 2. The molecule has 25 heavy (non-hydrogen) atoms. The highest BCUT2D eigenvalue weighted by atomic mass is 32.2. The van der Waals surface area contributed by atoms with Gasteiger partial charge in [0.25, 0.3) is 5.56 Å². The highest BCUT2D eigenvalue weighted by molar-refractivity contribution is 8.00. The van der Waals surface area contributed by atoms with E-state index in [1.165, 1.54) is 23.1 Å². The van der Waals surface area contributed by atoms with Gasteiger partial charge in [0.15, 0.2) is 5.16 Å². The third-order valence-electron chi connectivity index (χ3n) is 3.52. The molecular formula is C17H17N3O3S2. The number of hydrogen-bond donors (Lipinski definition) is 2. The Labute approximate surface area is 152 Å². The first-order chi connectivity index (χ1) is 12.0. The zero-order valence-corrected chi connectivity index (χ0v) is 15.6. The Hall–Kier alpha value is -2.32. The summed E-state index contributed by atoms with van der Waals surface area (Å²) in [5, 5.41) is 3.45. The number of thiophene rings is 1. The average Bonchev–Trinajstić information content (AvgIpc) is 2.96. The maximum Gasteiger partial charge on any atom is 0.260 e. The van der Waals surface area contributed by atoms with Crippen LogP contribution in [-0.2, 0) is 4.79 Å². The van der Waals surface area contributed by atoms with E-state index in [1.54, 1.807) is 38.3 Å². The van der Waals surface area contributed by atoms with Gasteiger partial charge in [-0.15, -0.1) is 11.3 Å². The molecule has 1 atom stereocenters. The third kappa shape index (κ3) is 4.02. The average molecular weight is 375 g/mol. The summed E-state index contributed by atoms with van der Waals surface area (Å²) in [7, 11) is 1.59. The lowest BCUT2D eigenvalue weighted by atomic mass is 10.3. The molecular weight excluding hydrogens is 358 g/mol. The summed E-state index contributed by atoms with van der Waals surface area (Å²) < 4.78 is 5.09. The Morgan fingerprint density at radius 2 is 2.08 bits per heavy atom. The number of rotatable bonds is 5. The van der Waals surface area contributed by atoms with Crippen LogP contribution in [0.3, 0.4) is 0 Å². The fourth-order valence-corrected chi connectivity index (χ4v) is 3.96. The fraction of sp³-hybridized carbons (Fsp3) is 0.235. The quantitative estimate of drug-likeness (QED) is 0.527. The molecule has 3 aromatic rings. The van der Waals surface area contributed by atoms with E-state index in [1.807, 2.05) is 13.0 Å². The predicted octanol–water partition coefficient (Wildman–Crippen LogP) is 3.42. The van der Waals surface area contributed by atoms with Gasteiger partial charge in [-0.2, -0.15) is 0 Å². The molecule has 2 heterocycles. The van der Waals surface area contributed by atoms with Crippen LogP contribution in [0.25, 0.3) is 10.2 Å². The maximum atomic E-state index is 12.3. The molecule has 1 amide bonds. The largest absolute Gasteiger partial charge is 0.497 e. The second kappa shape index (κ2) is 7.28. The molecule has 2 N–H and O–H groups in total. The summed E-state index contributed by atoms with van der Waals surface area (Å²) in [5.74, 6) is 0.557. The number of methoxy groups -OCH3 is 1. The lowest BCUT2D eigenvalue weighted by molar-refractivity contribution is -0.115. The number of carbonyl (C=O) groups is 1. The van der Waals surface area contributed by atoms with Gasteiger partial charge in [-0.3, -0.25) is 9.59 Å². The van der Waals surface area contributed by atoms with Gasteiger partial charge in [0.05, 0.1) is 17.7 Å². The van der Waals surface area contributed by atoms with E-state index in [0.29, 0.717) is 21.1 Å². The van der Waals surface area contributed by atoms with Crippen LogP contribution in [-0.4, -0.2) is 28.2 Å². The van der Waals surface area contributed by atoms with Gasteiger partial charge < -0.3 is 15.0 Å². The van der Waals surface area contributed by atoms with Crippen LogP contribution >= 0.6 is 23.1 Å². The molecule has 0 saturated heterocycles. The number of ether oxygens (including phenoxy) is 1. The summed E-state index contributed by atoms with van der Waals surface area (Å²) >= 11 is 2.69. The Morgan fingerprint density at radius 1 is 1.36 bits per heavy atom. The van der Waals surface area contributed by atoms with Crippen LogP contribution < -0.4 is 15.6 Å². The standard InChI is InChI=1S/C17H17N3O3S2/c1-9-8-13-15(22)19-17(20-16(13)24-9)25-10(2)14(21)18-11-4-6-12(23-3)7-5-11/h4-8,10H,1-3H3,(H,18,21)(H,19,20,22). The monoisotopic (exact) mass is 375 g/mol. The molecule has 0 bridgehead atoms. The maximum absolute atomic E-state index is 12.3. The Morgan fingerprint density at radius 3 is 2.76 bits per heavy atom. The first-order valence-corrected chi connectivity index (χ1v) is 9.28. The Bertz CT molecular complexity index is 963. The van der Waals surface area contributed by atoms with Crippen molar-refractivity contribution >= 4 is 44.9 Å². The lowest BCUT2D eigenvalue weighted by Gasteiger charge is -2.11. The highest BCUT2D eigenvalue weighted by Crippen LogP contribution is 2.25. The number of H-pyrrole nitrogens is 1. The van der Waals surface area contributed by atoms with Crippen molar-refractivity contribution in [3.8, 4) is 5.75 Å². The molecule has 0 aliphatic rings. The Kier molecular flexibility index (Phi) is 5.10. The molecule has 0 fully saturated rings. The van der Waals surface area contributed by atoms with Crippen LogP contribution in [0.15, 0.2) is 40.3 Å². The van der Waals surface area contributed by atoms with Crippen LogP contribution in [0.2, 0.25) is 0 Å². The number of amides is 1. The SMILES string of the molecule is COc1ccc(NC(=O)C(C)Sc2nc3sc(C)cc3c(=O)[nH]2)cc1. The molecule has 8 heteroatoms. The van der Waals surface area contributed by atoms with E-state index in [4.69, 9.17) is 4.74 Å². The second-order valence-electron chi connectivity index (χ2n) is 5.42. The van der Waals surface area contributed by atoms with Crippen LogP contribution in [0, 0.1) is 6.92 Å². The number of hydrogen-bond acceptors (Lipinski definition) is 6. The van der Waals surface area contributed by atoms with Crippen molar-refractivity contribution in [3.05, 3.63) is 45.6 Å². The van der Waals surface area contributed by atoms with Crippen molar-refractivity contribution in [2.45, 2.75) is 24.3 Å². The molecule has 0 aliphatic carbocycles. The molecule has 0 spiro atoms. The molecule has 0 radical (unpaired) electrons. The Balaban J connectivity index is 1.71. The summed E-state index contributed by atoms with van der Waals surface area (Å²) in [6.45, 7) is 3.71. The molecule has 6 nitrogen and oxygen atoms in total. The lowest BCUT2D eigenvalue weighted by Crippen LogP contribution is -2.23. The number of aryl methyl sites for hydroxylation is 1. The zero-order valence-electron chi connectivity index (χ0n) is 14.0. The number of aromatic amines is 1. The molecule has 0 aliphatic heterocycles. The minimum Gasteiger partial charge on any atom is -0.497 e. The van der Waals surface area contributed by atoms with Crippen LogP contribution in [0.1, 0.15) is 11.8 Å². The van der Waals surface area contributed by atoms with Gasteiger partial charge in [0.2, 0.25) is 5.91 Å². The molecule has 130 valence electrons. The molecule has 3 rings (SSSR count). The van der Waals surface area contributed by atoms with Gasteiger partial charge in [-0.1, -0.05) is 11.8 Å². The van der Waals surface area contributed by atoms with E-state index >= 15 is 0 Å². The topological polar surface area (TPSA) is 84.1 Å². The fourth-order valence-electron chi connectivity index (χ4n) is 2.23. The summed E-state index contributed by atoms with van der Waals surface area (Å²) in [4.78, 5) is 33.3. The summed E-state index contributed by atoms with van der Waals surface area (Å²) in [6, 6.07) is 8.92. The van der Waals surface area contributed by atoms with E-state index in [0.717, 1.165) is 10.6 Å². The number of anilines is 1. The van der Waals surface area contributed by atoms with Gasteiger partial charge in [-0.25, -0.2) is 4.98 Å². The normalized spacial score (nSPS) is 12.1. The van der Waals surface area contributed by atoms with Gasteiger partial charge in [0, 0.05) is 10.6 Å². The number of aromatic nitrogens is 2. The van der Waals surface area contributed by atoms with Crippen LogP contribution in [0.4, 0.5) is 5.69 Å². The van der Waals surface area contributed by atoms with E-state index in [-0.39, 0.29) is 11.5 Å². The number of fused-ring (bicyclic) bond motifs is 1. The van der Waals surface area contributed by atoms with Crippen molar-refractivity contribution in [2.24, 2.45) is 0 Å². The van der Waals surface area contributed by atoms with Crippen molar-refractivity contribution < 1.29 is 9.53 Å². The molecule has 0 saturated carbocycles. The highest BCUT2D eigenvalue weighted by Gasteiger charge is 2.17. The summed E-state index contributed by atoms with van der Waals surface area (Å²) in [5.41, 5.74) is 0.503. The van der Waals surface area contributed by atoms with Crippen LogP contribution in [0.5, 0.6) is 5.75 Å². The number of nitrogens with zero attached hydrogens (tertiary/aromatic N) is 1. The van der Waals surface area contributed by atoms with E-state index in [9.17, 15) is 9.59 Å². The van der Waals surface area contributed by atoms with E-state index in [2.05, 4.69) is 15.3 Å².